The zero-order chi connectivity index (χ0) is 18.7. The summed E-state index contributed by atoms with van der Waals surface area (Å²) in [5, 5.41) is 0. The third-order valence-corrected chi connectivity index (χ3v) is 4.94. The molecule has 0 radical (unpaired) electrons. The molecular formula is C24H29NO2. The van der Waals surface area contributed by atoms with Gasteiger partial charge in [0.05, 0.1) is 6.61 Å². The Morgan fingerprint density at radius 1 is 0.926 bits per heavy atom. The van der Waals surface area contributed by atoms with Crippen LogP contribution >= 0.6 is 0 Å². The molecule has 0 aliphatic carbocycles. The molecule has 142 valence electrons. The van der Waals surface area contributed by atoms with Crippen molar-refractivity contribution < 1.29 is 9.53 Å². The van der Waals surface area contributed by atoms with Crippen LogP contribution in [0.4, 0.5) is 0 Å². The number of rotatable bonds is 9. The predicted octanol–water partition coefficient (Wildman–Crippen LogP) is 4.77. The van der Waals surface area contributed by atoms with Gasteiger partial charge >= 0.3 is 0 Å². The molecule has 0 N–H and O–H groups in total. The topological polar surface area (TPSA) is 29.5 Å². The monoisotopic (exact) mass is 363 g/mol. The molecule has 3 nitrogen and oxygen atoms in total. The molecule has 1 aliphatic heterocycles. The van der Waals surface area contributed by atoms with Crippen molar-refractivity contribution in [3.05, 3.63) is 83.4 Å². The first-order valence-electron chi connectivity index (χ1n) is 9.90. The summed E-state index contributed by atoms with van der Waals surface area (Å²) in [4.78, 5) is 14.6. The highest BCUT2D eigenvalue weighted by Crippen LogP contribution is 2.18. The largest absolute Gasteiger partial charge is 0.377 e. The second-order valence-corrected chi connectivity index (χ2v) is 7.17. The van der Waals surface area contributed by atoms with Crippen LogP contribution in [0.25, 0.3) is 0 Å². The van der Waals surface area contributed by atoms with Crippen LogP contribution in [0.1, 0.15) is 36.8 Å². The fourth-order valence-electron chi connectivity index (χ4n) is 3.40. The molecule has 0 saturated carbocycles. The van der Waals surface area contributed by atoms with Crippen LogP contribution in [0, 0.1) is 0 Å². The third kappa shape index (κ3) is 7.12. The van der Waals surface area contributed by atoms with Crippen molar-refractivity contribution in [3.8, 4) is 0 Å². The summed E-state index contributed by atoms with van der Waals surface area (Å²) in [5.74, 6) is 0.241. The van der Waals surface area contributed by atoms with E-state index in [1.807, 2.05) is 24.3 Å². The van der Waals surface area contributed by atoms with Crippen molar-refractivity contribution in [1.29, 1.82) is 0 Å². The Balaban J connectivity index is 1.30. The zero-order valence-electron chi connectivity index (χ0n) is 16.0. The minimum absolute atomic E-state index is 0.241. The van der Waals surface area contributed by atoms with Gasteiger partial charge in [-0.05, 0) is 36.5 Å². The lowest BCUT2D eigenvalue weighted by molar-refractivity contribution is -0.115. The van der Waals surface area contributed by atoms with E-state index in [0.29, 0.717) is 19.6 Å². The Bertz CT molecular complexity index is 715. The Labute approximate surface area is 162 Å². The molecule has 1 fully saturated rings. The molecule has 0 bridgehead atoms. The number of likely N-dealkylation sites (tertiary alicyclic amines) is 1. The second kappa shape index (κ2) is 10.8. The second-order valence-electron chi connectivity index (χ2n) is 7.17. The summed E-state index contributed by atoms with van der Waals surface area (Å²) in [6.07, 6.45) is 5.25. The fourth-order valence-corrected chi connectivity index (χ4v) is 3.40. The van der Waals surface area contributed by atoms with Gasteiger partial charge in [0.25, 0.3) is 0 Å². The highest BCUT2D eigenvalue weighted by molar-refractivity contribution is 5.90. The van der Waals surface area contributed by atoms with E-state index in [0.717, 1.165) is 38.9 Å². The van der Waals surface area contributed by atoms with Crippen molar-refractivity contribution in [2.75, 3.05) is 19.7 Å². The van der Waals surface area contributed by atoms with Crippen LogP contribution in [-0.4, -0.2) is 30.4 Å². The molecule has 2 aromatic rings. The first-order valence-corrected chi connectivity index (χ1v) is 9.90. The maximum atomic E-state index is 12.2. The first kappa shape index (κ1) is 19.5. The van der Waals surface area contributed by atoms with Gasteiger partial charge in [0.2, 0.25) is 0 Å². The van der Waals surface area contributed by atoms with Crippen molar-refractivity contribution in [3.63, 3.8) is 0 Å². The molecule has 27 heavy (non-hydrogen) atoms. The van der Waals surface area contributed by atoms with Crippen molar-refractivity contribution in [2.24, 2.45) is 0 Å². The Morgan fingerprint density at radius 2 is 1.56 bits per heavy atom. The van der Waals surface area contributed by atoms with E-state index in [9.17, 15) is 4.79 Å². The van der Waals surface area contributed by atoms with E-state index in [4.69, 9.17) is 4.74 Å². The van der Waals surface area contributed by atoms with Gasteiger partial charge in [-0.15, -0.1) is 0 Å². The number of nitrogens with zero attached hydrogens (tertiary/aromatic N) is 1. The van der Waals surface area contributed by atoms with Crippen LogP contribution in [0.2, 0.25) is 0 Å². The average molecular weight is 364 g/mol. The maximum absolute atomic E-state index is 12.2. The lowest BCUT2D eigenvalue weighted by atomic mass is 10.0. The molecule has 0 amide bonds. The minimum Gasteiger partial charge on any atom is -0.377 e. The van der Waals surface area contributed by atoms with Crippen molar-refractivity contribution >= 4 is 5.78 Å². The number of ether oxygens (including phenoxy) is 1. The standard InChI is InChI=1S/C24H29NO2/c26-24(12-7-17-27-20-23-10-5-2-6-11-23)18-21-13-15-25(16-14-21)19-22-8-3-1-4-9-22/h1-6,8-11,18H,7,12-17,19-20H2. The molecule has 1 aliphatic rings. The molecule has 1 saturated heterocycles. The summed E-state index contributed by atoms with van der Waals surface area (Å²) in [6, 6.07) is 20.7. The minimum atomic E-state index is 0.241. The quantitative estimate of drug-likeness (QED) is 0.474. The number of piperidine rings is 1. The van der Waals surface area contributed by atoms with E-state index in [2.05, 4.69) is 47.4 Å². The van der Waals surface area contributed by atoms with Crippen molar-refractivity contribution in [1.82, 2.24) is 4.90 Å². The predicted molar refractivity (Wildman–Crippen MR) is 109 cm³/mol. The molecule has 1 heterocycles. The van der Waals surface area contributed by atoms with Crippen molar-refractivity contribution in [2.45, 2.75) is 38.8 Å². The lowest BCUT2D eigenvalue weighted by Gasteiger charge is -2.28. The normalized spacial score (nSPS) is 14.9. The van der Waals surface area contributed by atoms with Gasteiger partial charge in [0, 0.05) is 32.7 Å². The lowest BCUT2D eigenvalue weighted by Crippen LogP contribution is -2.30. The van der Waals surface area contributed by atoms with E-state index in [1.165, 1.54) is 16.7 Å². The number of hydrogen-bond donors (Lipinski definition) is 0. The third-order valence-electron chi connectivity index (χ3n) is 4.94. The van der Waals surface area contributed by atoms with Gasteiger partial charge in [-0.1, -0.05) is 66.2 Å². The van der Waals surface area contributed by atoms with E-state index < -0.39 is 0 Å². The molecule has 3 heteroatoms. The number of benzene rings is 2. The molecular weight excluding hydrogens is 334 g/mol. The van der Waals surface area contributed by atoms with Gasteiger partial charge in [0.15, 0.2) is 5.78 Å². The van der Waals surface area contributed by atoms with E-state index >= 15 is 0 Å². The van der Waals surface area contributed by atoms with Crippen LogP contribution in [0.15, 0.2) is 72.3 Å². The van der Waals surface area contributed by atoms with Crippen LogP contribution < -0.4 is 0 Å². The summed E-state index contributed by atoms with van der Waals surface area (Å²) in [5.41, 5.74) is 3.83. The van der Waals surface area contributed by atoms with Crippen LogP contribution in [0.5, 0.6) is 0 Å². The molecule has 0 aromatic heterocycles. The van der Waals surface area contributed by atoms with Gasteiger partial charge in [-0.3, -0.25) is 9.69 Å². The van der Waals surface area contributed by atoms with E-state index in [-0.39, 0.29) is 5.78 Å². The Kier molecular flexibility index (Phi) is 7.82. The fraction of sp³-hybridized carbons (Fsp3) is 0.375. The van der Waals surface area contributed by atoms with E-state index in [1.54, 1.807) is 0 Å². The number of ketones is 1. The summed E-state index contributed by atoms with van der Waals surface area (Å²) in [7, 11) is 0. The highest BCUT2D eigenvalue weighted by atomic mass is 16.5. The van der Waals surface area contributed by atoms with Gasteiger partial charge in [-0.25, -0.2) is 0 Å². The number of carbonyl (C=O) groups excluding carboxylic acids is 1. The molecule has 0 spiro atoms. The molecule has 0 unspecified atom stereocenters. The summed E-state index contributed by atoms with van der Waals surface area (Å²) in [6.45, 7) is 4.32. The maximum Gasteiger partial charge on any atom is 0.155 e. The van der Waals surface area contributed by atoms with Gasteiger partial charge in [0.1, 0.15) is 0 Å². The first-order chi connectivity index (χ1) is 13.3. The SMILES string of the molecule is O=C(C=C1CCN(Cc2ccccc2)CC1)CCCOCc1ccccc1. The Morgan fingerprint density at radius 3 is 2.22 bits per heavy atom. The zero-order valence-corrected chi connectivity index (χ0v) is 16.0. The highest BCUT2D eigenvalue weighted by Gasteiger charge is 2.14. The average Bonchev–Trinajstić information content (AvgIpc) is 2.71. The number of allylic oxidation sites excluding steroid dienone is 1. The molecule has 3 rings (SSSR count). The van der Waals surface area contributed by atoms with Crippen LogP contribution in [-0.2, 0) is 22.7 Å². The molecule has 2 aromatic carbocycles. The van der Waals surface area contributed by atoms with Gasteiger partial charge in [-0.2, -0.15) is 0 Å². The Hall–Kier alpha value is -2.23. The summed E-state index contributed by atoms with van der Waals surface area (Å²) < 4.78 is 5.65. The number of carbonyl (C=O) groups is 1. The molecule has 0 atom stereocenters. The smallest absolute Gasteiger partial charge is 0.155 e. The van der Waals surface area contributed by atoms with Crippen LogP contribution in [0.3, 0.4) is 0 Å². The number of hydrogen-bond acceptors (Lipinski definition) is 3. The van der Waals surface area contributed by atoms with Gasteiger partial charge < -0.3 is 4.74 Å². The summed E-state index contributed by atoms with van der Waals surface area (Å²) >= 11 is 0.